The standard InChI is InChI=1S/C28H27ClN2O4/c1-17-13-21(18(2)31(17)23-8-6-7-22(29)15-23)14-25-26(28(33)35-5)19(3)30(27(25)32)16-20-9-11-24(34-4)12-10-20/h6-15H,16H2,1-5H3/b25-14+. The van der Waals surface area contributed by atoms with Gasteiger partial charge in [-0.3, -0.25) is 4.79 Å². The molecule has 3 aromatic rings. The van der Waals surface area contributed by atoms with Gasteiger partial charge < -0.3 is 18.9 Å². The molecular formula is C28H27ClN2O4. The van der Waals surface area contributed by atoms with Crippen molar-refractivity contribution in [3.63, 3.8) is 0 Å². The minimum atomic E-state index is -0.539. The second-order valence-corrected chi connectivity index (χ2v) is 8.83. The van der Waals surface area contributed by atoms with Gasteiger partial charge in [-0.05, 0) is 74.4 Å². The highest BCUT2D eigenvalue weighted by molar-refractivity contribution is 6.30. The number of amides is 1. The maximum atomic E-state index is 13.6. The Labute approximate surface area is 210 Å². The van der Waals surface area contributed by atoms with Crippen LogP contribution in [-0.4, -0.2) is 35.6 Å². The Bertz CT molecular complexity index is 1370. The van der Waals surface area contributed by atoms with E-state index in [4.69, 9.17) is 21.1 Å². The molecule has 1 amide bonds. The van der Waals surface area contributed by atoms with E-state index < -0.39 is 5.97 Å². The summed E-state index contributed by atoms with van der Waals surface area (Å²) >= 11 is 6.21. The number of esters is 1. The summed E-state index contributed by atoms with van der Waals surface area (Å²) in [5.74, 6) is -0.0473. The van der Waals surface area contributed by atoms with Crippen LogP contribution in [0.15, 0.2) is 71.4 Å². The van der Waals surface area contributed by atoms with Gasteiger partial charge in [-0.15, -0.1) is 0 Å². The largest absolute Gasteiger partial charge is 0.497 e. The number of ether oxygens (including phenoxy) is 2. The molecule has 1 aromatic heterocycles. The van der Waals surface area contributed by atoms with Gasteiger partial charge in [0.05, 0.1) is 31.9 Å². The van der Waals surface area contributed by atoms with Crippen molar-refractivity contribution in [2.75, 3.05) is 14.2 Å². The van der Waals surface area contributed by atoms with Gasteiger partial charge in [0.2, 0.25) is 0 Å². The minimum Gasteiger partial charge on any atom is -0.497 e. The van der Waals surface area contributed by atoms with Gasteiger partial charge in [0, 0.05) is 27.8 Å². The number of rotatable bonds is 6. The molecule has 0 fully saturated rings. The van der Waals surface area contributed by atoms with Gasteiger partial charge in [-0.2, -0.15) is 0 Å². The molecule has 0 unspecified atom stereocenters. The first-order valence-electron chi connectivity index (χ1n) is 11.2. The number of allylic oxidation sites excluding steroid dienone is 1. The molecular weight excluding hydrogens is 464 g/mol. The number of methoxy groups -OCH3 is 2. The molecule has 0 bridgehead atoms. The number of carbonyl (C=O) groups excluding carboxylic acids is 2. The molecule has 7 heteroatoms. The molecule has 1 aliphatic rings. The average molecular weight is 491 g/mol. The van der Waals surface area contributed by atoms with E-state index in [1.165, 1.54) is 7.11 Å². The summed E-state index contributed by atoms with van der Waals surface area (Å²) in [5.41, 5.74) is 5.75. The summed E-state index contributed by atoms with van der Waals surface area (Å²) in [4.78, 5) is 27.9. The summed E-state index contributed by atoms with van der Waals surface area (Å²) in [7, 11) is 2.93. The van der Waals surface area contributed by atoms with E-state index in [1.807, 2.05) is 68.4 Å². The van der Waals surface area contributed by atoms with Crippen LogP contribution in [0.25, 0.3) is 11.8 Å². The van der Waals surface area contributed by atoms with Crippen molar-refractivity contribution in [3.8, 4) is 11.4 Å². The molecule has 1 aliphatic heterocycles. The Morgan fingerprint density at radius 3 is 2.37 bits per heavy atom. The molecule has 2 aromatic carbocycles. The van der Waals surface area contributed by atoms with Crippen molar-refractivity contribution in [1.82, 2.24) is 9.47 Å². The van der Waals surface area contributed by atoms with Crippen LogP contribution in [0.5, 0.6) is 5.75 Å². The van der Waals surface area contributed by atoms with Crippen LogP contribution in [0.2, 0.25) is 5.02 Å². The third-order valence-corrected chi connectivity index (χ3v) is 6.47. The molecule has 0 saturated carbocycles. The molecule has 4 rings (SSSR count). The Kier molecular flexibility index (Phi) is 6.85. The Morgan fingerprint density at radius 1 is 1.03 bits per heavy atom. The fourth-order valence-electron chi connectivity index (χ4n) is 4.43. The van der Waals surface area contributed by atoms with E-state index in [9.17, 15) is 9.59 Å². The van der Waals surface area contributed by atoms with Gasteiger partial charge in [0.1, 0.15) is 5.75 Å². The summed E-state index contributed by atoms with van der Waals surface area (Å²) in [6.45, 7) is 6.06. The number of benzene rings is 2. The van der Waals surface area contributed by atoms with Gasteiger partial charge in [0.15, 0.2) is 0 Å². The zero-order valence-electron chi connectivity index (χ0n) is 20.4. The fourth-order valence-corrected chi connectivity index (χ4v) is 4.62. The SMILES string of the molecule is COC(=O)C1=C(C)N(Cc2ccc(OC)cc2)C(=O)/C1=C/c1cc(C)n(-c2cccc(Cl)c2)c1C. The second kappa shape index (κ2) is 9.84. The van der Waals surface area contributed by atoms with Gasteiger partial charge in [0.25, 0.3) is 5.91 Å². The number of carbonyl (C=O) groups is 2. The number of aromatic nitrogens is 1. The third-order valence-electron chi connectivity index (χ3n) is 6.24. The maximum Gasteiger partial charge on any atom is 0.340 e. The summed E-state index contributed by atoms with van der Waals surface area (Å²) in [6.07, 6.45) is 1.77. The van der Waals surface area contributed by atoms with Crippen LogP contribution in [0.1, 0.15) is 29.4 Å². The highest BCUT2D eigenvalue weighted by atomic mass is 35.5. The van der Waals surface area contributed by atoms with Crippen molar-refractivity contribution < 1.29 is 19.1 Å². The van der Waals surface area contributed by atoms with Crippen molar-refractivity contribution >= 4 is 29.6 Å². The molecule has 0 saturated heterocycles. The lowest BCUT2D eigenvalue weighted by molar-refractivity contribution is -0.136. The zero-order chi connectivity index (χ0) is 25.3. The first-order chi connectivity index (χ1) is 16.7. The van der Waals surface area contributed by atoms with Crippen molar-refractivity contribution in [3.05, 3.63) is 99.0 Å². The van der Waals surface area contributed by atoms with Gasteiger partial charge in [-0.1, -0.05) is 29.8 Å². The van der Waals surface area contributed by atoms with E-state index in [0.717, 1.165) is 34.0 Å². The molecule has 0 spiro atoms. The van der Waals surface area contributed by atoms with Gasteiger partial charge in [-0.25, -0.2) is 4.79 Å². The number of hydrogen-bond donors (Lipinski definition) is 0. The van der Waals surface area contributed by atoms with Crippen LogP contribution in [-0.2, 0) is 20.9 Å². The molecule has 35 heavy (non-hydrogen) atoms. The number of hydrogen-bond acceptors (Lipinski definition) is 4. The van der Waals surface area contributed by atoms with Crippen LogP contribution in [0.4, 0.5) is 0 Å². The third kappa shape index (κ3) is 4.62. The van der Waals surface area contributed by atoms with Crippen molar-refractivity contribution in [2.45, 2.75) is 27.3 Å². The van der Waals surface area contributed by atoms with Crippen LogP contribution >= 0.6 is 11.6 Å². The average Bonchev–Trinajstić information content (AvgIpc) is 3.25. The van der Waals surface area contributed by atoms with E-state index in [1.54, 1.807) is 25.0 Å². The zero-order valence-corrected chi connectivity index (χ0v) is 21.1. The number of aryl methyl sites for hydroxylation is 1. The smallest absolute Gasteiger partial charge is 0.340 e. The monoisotopic (exact) mass is 490 g/mol. The summed E-state index contributed by atoms with van der Waals surface area (Å²) in [6, 6.07) is 17.1. The predicted octanol–water partition coefficient (Wildman–Crippen LogP) is 5.63. The van der Waals surface area contributed by atoms with Crippen LogP contribution in [0.3, 0.4) is 0 Å². The number of halogens is 1. The van der Waals surface area contributed by atoms with Gasteiger partial charge >= 0.3 is 5.97 Å². The molecule has 0 N–H and O–H groups in total. The topological polar surface area (TPSA) is 60.8 Å². The lowest BCUT2D eigenvalue weighted by atomic mass is 10.0. The highest BCUT2D eigenvalue weighted by Crippen LogP contribution is 2.34. The van der Waals surface area contributed by atoms with E-state index in [-0.39, 0.29) is 11.5 Å². The normalized spacial score (nSPS) is 14.7. The highest BCUT2D eigenvalue weighted by Gasteiger charge is 2.37. The fraction of sp³-hybridized carbons (Fsp3) is 0.214. The van der Waals surface area contributed by atoms with Crippen molar-refractivity contribution in [1.29, 1.82) is 0 Å². The Balaban J connectivity index is 1.75. The maximum absolute atomic E-state index is 13.6. The first-order valence-corrected chi connectivity index (χ1v) is 11.5. The van der Waals surface area contributed by atoms with E-state index in [2.05, 4.69) is 4.57 Å². The number of nitrogens with zero attached hydrogens (tertiary/aromatic N) is 2. The molecule has 0 radical (unpaired) electrons. The Morgan fingerprint density at radius 2 is 1.74 bits per heavy atom. The second-order valence-electron chi connectivity index (χ2n) is 8.39. The molecule has 6 nitrogen and oxygen atoms in total. The lowest BCUT2D eigenvalue weighted by Crippen LogP contribution is -2.24. The van der Waals surface area contributed by atoms with E-state index in [0.29, 0.717) is 22.8 Å². The first kappa shape index (κ1) is 24.4. The molecule has 0 atom stereocenters. The van der Waals surface area contributed by atoms with E-state index >= 15 is 0 Å². The summed E-state index contributed by atoms with van der Waals surface area (Å²) in [5, 5.41) is 0.640. The lowest BCUT2D eigenvalue weighted by Gasteiger charge is -2.18. The molecule has 2 heterocycles. The van der Waals surface area contributed by atoms with Crippen LogP contribution in [0, 0.1) is 13.8 Å². The van der Waals surface area contributed by atoms with Crippen LogP contribution < -0.4 is 4.74 Å². The predicted molar refractivity (Wildman–Crippen MR) is 136 cm³/mol. The van der Waals surface area contributed by atoms with Crippen molar-refractivity contribution in [2.24, 2.45) is 0 Å². The molecule has 0 aliphatic carbocycles. The molecule has 180 valence electrons. The minimum absolute atomic E-state index is 0.244. The Hall–Kier alpha value is -3.77. The quantitative estimate of drug-likeness (QED) is 0.332. The summed E-state index contributed by atoms with van der Waals surface area (Å²) < 4.78 is 12.3.